The first-order valence-corrected chi connectivity index (χ1v) is 9.68. The predicted octanol–water partition coefficient (Wildman–Crippen LogP) is 4.22. The highest BCUT2D eigenvalue weighted by Crippen LogP contribution is 2.39. The van der Waals surface area contributed by atoms with Crippen molar-refractivity contribution in [2.75, 3.05) is 0 Å². The van der Waals surface area contributed by atoms with Gasteiger partial charge in [0, 0.05) is 5.56 Å². The summed E-state index contributed by atoms with van der Waals surface area (Å²) in [4.78, 5) is 37.2. The van der Waals surface area contributed by atoms with Crippen LogP contribution in [0.15, 0.2) is 64.2 Å². The third kappa shape index (κ3) is 2.62. The number of fused-ring (bicyclic) bond motifs is 2. The smallest absolute Gasteiger partial charge is 0.327 e. The van der Waals surface area contributed by atoms with E-state index >= 15 is 0 Å². The number of rotatable bonds is 2. The fraction of sp³-hybridized carbons (Fsp3) is 0. The first-order valence-electron chi connectivity index (χ1n) is 8.46. The van der Waals surface area contributed by atoms with Crippen molar-refractivity contribution >= 4 is 44.8 Å². The molecule has 0 saturated heterocycles. The van der Waals surface area contributed by atoms with Gasteiger partial charge in [-0.15, -0.1) is 11.3 Å². The average molecular weight is 404 g/mol. The summed E-state index contributed by atoms with van der Waals surface area (Å²) in [7, 11) is 0. The van der Waals surface area contributed by atoms with Crippen LogP contribution < -0.4 is 11.2 Å². The lowest BCUT2D eigenvalue weighted by Gasteiger charge is -2.11. The predicted molar refractivity (Wildman–Crippen MR) is 114 cm³/mol. The van der Waals surface area contributed by atoms with Gasteiger partial charge in [0.1, 0.15) is 15.3 Å². The van der Waals surface area contributed by atoms with E-state index < -0.39 is 11.2 Å². The molecule has 0 aliphatic heterocycles. The second-order valence-corrected chi connectivity index (χ2v) is 7.65. The molecular weight excluding hydrogens is 392 g/mol. The Kier molecular flexibility index (Phi) is 3.81. The summed E-state index contributed by atoms with van der Waals surface area (Å²) in [5.74, 6) is 0. The van der Waals surface area contributed by atoms with Crippen LogP contribution in [0, 0.1) is 4.64 Å². The van der Waals surface area contributed by atoms with Crippen molar-refractivity contribution in [1.82, 2.24) is 19.9 Å². The molecule has 3 aromatic heterocycles. The number of pyridine rings is 1. The molecule has 3 heterocycles. The summed E-state index contributed by atoms with van der Waals surface area (Å²) < 4.78 is 1.44. The Hall–Kier alpha value is -3.36. The molecule has 0 amide bonds. The topological polar surface area (TPSA) is 94.4 Å². The Bertz CT molecular complexity index is 1490. The molecule has 0 spiro atoms. The number of nitrogens with one attached hydrogen (secondary N) is 3. The zero-order chi connectivity index (χ0) is 19.3. The Labute approximate surface area is 166 Å². The number of hydrogen-bond donors (Lipinski definition) is 3. The standard InChI is InChI=1S/C20H12N4O2S2/c25-17-14-13(10-6-2-1-3-7-10)15(18(27)22-16(14)23-20(26)24-17)19-21-11-8-4-5-9-12(11)28-19/h1-9H,(H3,22,23,24,25,26,27). The van der Waals surface area contributed by atoms with Gasteiger partial charge in [-0.05, 0) is 17.7 Å². The summed E-state index contributed by atoms with van der Waals surface area (Å²) >= 11 is 7.13. The van der Waals surface area contributed by atoms with Gasteiger partial charge >= 0.3 is 5.69 Å². The van der Waals surface area contributed by atoms with Crippen LogP contribution in [0.25, 0.3) is 42.9 Å². The first-order chi connectivity index (χ1) is 13.6. The molecule has 8 heteroatoms. The number of aromatic amines is 3. The van der Waals surface area contributed by atoms with Crippen molar-refractivity contribution in [2.24, 2.45) is 0 Å². The van der Waals surface area contributed by atoms with Gasteiger partial charge in [-0.3, -0.25) is 14.8 Å². The van der Waals surface area contributed by atoms with Gasteiger partial charge in [0.2, 0.25) is 0 Å². The van der Waals surface area contributed by atoms with Crippen molar-refractivity contribution in [3.8, 4) is 21.7 Å². The van der Waals surface area contributed by atoms with Crippen LogP contribution in [-0.2, 0) is 0 Å². The van der Waals surface area contributed by atoms with Crippen LogP contribution in [0.4, 0.5) is 0 Å². The maximum atomic E-state index is 12.7. The van der Waals surface area contributed by atoms with Crippen molar-refractivity contribution < 1.29 is 0 Å². The highest BCUT2D eigenvalue weighted by atomic mass is 32.1. The highest BCUT2D eigenvalue weighted by Gasteiger charge is 2.20. The lowest BCUT2D eigenvalue weighted by molar-refractivity contribution is 1.06. The lowest BCUT2D eigenvalue weighted by Crippen LogP contribution is -2.23. The summed E-state index contributed by atoms with van der Waals surface area (Å²) in [5.41, 5.74) is 2.23. The number of para-hydroxylation sites is 1. The van der Waals surface area contributed by atoms with Gasteiger partial charge in [-0.1, -0.05) is 54.7 Å². The molecule has 5 aromatic rings. The number of hydrogen-bond acceptors (Lipinski definition) is 5. The molecule has 0 fully saturated rings. The minimum absolute atomic E-state index is 0.294. The van der Waals surface area contributed by atoms with Gasteiger partial charge in [-0.25, -0.2) is 9.78 Å². The van der Waals surface area contributed by atoms with E-state index in [-0.39, 0.29) is 0 Å². The van der Waals surface area contributed by atoms with E-state index in [9.17, 15) is 9.59 Å². The van der Waals surface area contributed by atoms with E-state index in [1.165, 1.54) is 11.3 Å². The Morgan fingerprint density at radius 1 is 0.857 bits per heavy atom. The van der Waals surface area contributed by atoms with E-state index in [2.05, 4.69) is 15.0 Å². The molecule has 6 nitrogen and oxygen atoms in total. The number of H-pyrrole nitrogens is 3. The fourth-order valence-corrected chi connectivity index (χ4v) is 4.70. The molecule has 0 aliphatic rings. The van der Waals surface area contributed by atoms with E-state index in [0.29, 0.717) is 31.8 Å². The lowest BCUT2D eigenvalue weighted by atomic mass is 9.98. The van der Waals surface area contributed by atoms with Crippen molar-refractivity contribution in [2.45, 2.75) is 0 Å². The van der Waals surface area contributed by atoms with E-state index in [4.69, 9.17) is 17.2 Å². The van der Waals surface area contributed by atoms with Crippen LogP contribution in [-0.4, -0.2) is 19.9 Å². The Morgan fingerprint density at radius 2 is 1.61 bits per heavy atom. The van der Waals surface area contributed by atoms with E-state index in [1.54, 1.807) is 0 Å². The molecule has 0 atom stereocenters. The second-order valence-electron chi connectivity index (χ2n) is 6.22. The summed E-state index contributed by atoms with van der Waals surface area (Å²) in [6.45, 7) is 0. The monoisotopic (exact) mass is 404 g/mol. The Balaban J connectivity index is 1.99. The summed E-state index contributed by atoms with van der Waals surface area (Å²) in [6, 6.07) is 17.3. The molecule has 0 unspecified atom stereocenters. The van der Waals surface area contributed by atoms with Crippen molar-refractivity contribution in [1.29, 1.82) is 0 Å². The van der Waals surface area contributed by atoms with Crippen LogP contribution >= 0.6 is 23.6 Å². The van der Waals surface area contributed by atoms with Gasteiger partial charge < -0.3 is 4.98 Å². The SMILES string of the molecule is O=c1[nH]c(=O)c2c(-c3ccccc3)c(-c3nc4ccccc4s3)c(=S)[nH]c2[nH]1. The maximum Gasteiger partial charge on any atom is 0.327 e. The van der Waals surface area contributed by atoms with Gasteiger partial charge in [0.05, 0.1) is 21.2 Å². The van der Waals surface area contributed by atoms with Crippen LogP contribution in [0.3, 0.4) is 0 Å². The molecule has 0 aliphatic carbocycles. The normalized spacial score (nSPS) is 11.3. The summed E-state index contributed by atoms with van der Waals surface area (Å²) in [6.07, 6.45) is 0. The van der Waals surface area contributed by atoms with Crippen molar-refractivity contribution in [3.05, 3.63) is 80.1 Å². The maximum absolute atomic E-state index is 12.7. The Morgan fingerprint density at radius 3 is 2.39 bits per heavy atom. The van der Waals surface area contributed by atoms with Gasteiger partial charge in [0.25, 0.3) is 5.56 Å². The molecule has 5 rings (SSSR count). The van der Waals surface area contributed by atoms with Gasteiger partial charge in [0.15, 0.2) is 0 Å². The van der Waals surface area contributed by atoms with Crippen molar-refractivity contribution in [3.63, 3.8) is 0 Å². The van der Waals surface area contributed by atoms with Crippen LogP contribution in [0.2, 0.25) is 0 Å². The quantitative estimate of drug-likeness (QED) is 0.384. The number of thiazole rings is 1. The molecule has 3 N–H and O–H groups in total. The average Bonchev–Trinajstić information content (AvgIpc) is 3.11. The molecule has 136 valence electrons. The molecular formula is C20H12N4O2S2. The molecule has 0 saturated carbocycles. The molecule has 0 radical (unpaired) electrons. The minimum Gasteiger partial charge on any atom is -0.331 e. The summed E-state index contributed by atoms with van der Waals surface area (Å²) in [5, 5.41) is 1.06. The van der Waals surface area contributed by atoms with Crippen LogP contribution in [0.1, 0.15) is 0 Å². The van der Waals surface area contributed by atoms with Crippen LogP contribution in [0.5, 0.6) is 0 Å². The molecule has 28 heavy (non-hydrogen) atoms. The number of benzene rings is 2. The van der Waals surface area contributed by atoms with E-state index in [1.807, 2.05) is 54.6 Å². The highest BCUT2D eigenvalue weighted by molar-refractivity contribution is 7.71. The second kappa shape index (κ2) is 6.36. The zero-order valence-electron chi connectivity index (χ0n) is 14.3. The fourth-order valence-electron chi connectivity index (χ4n) is 3.31. The first kappa shape index (κ1) is 16.8. The van der Waals surface area contributed by atoms with Gasteiger partial charge in [-0.2, -0.15) is 0 Å². The number of nitrogens with zero attached hydrogens (tertiary/aromatic N) is 1. The molecule has 0 bridgehead atoms. The van der Waals surface area contributed by atoms with E-state index in [0.717, 1.165) is 15.8 Å². The number of aromatic nitrogens is 4. The zero-order valence-corrected chi connectivity index (χ0v) is 15.9. The minimum atomic E-state index is -0.588. The largest absolute Gasteiger partial charge is 0.331 e. The third-order valence-electron chi connectivity index (χ3n) is 4.48. The third-order valence-corrected chi connectivity index (χ3v) is 5.84. The molecule has 2 aromatic carbocycles.